The highest BCUT2D eigenvalue weighted by Gasteiger charge is 2.07. The molecule has 1 aromatic rings. The minimum absolute atomic E-state index is 0.0248. The number of rotatable bonds is 5. The second-order valence-corrected chi connectivity index (χ2v) is 3.44. The van der Waals surface area contributed by atoms with E-state index in [2.05, 4.69) is 16.4 Å². The lowest BCUT2D eigenvalue weighted by Gasteiger charge is -2.09. The normalized spacial score (nSPS) is 12.1. The Morgan fingerprint density at radius 1 is 1.60 bits per heavy atom. The molecule has 2 N–H and O–H groups in total. The summed E-state index contributed by atoms with van der Waals surface area (Å²) in [7, 11) is 0. The van der Waals surface area contributed by atoms with E-state index >= 15 is 0 Å². The number of hydrogen-bond donors (Lipinski definition) is 2. The topological polar surface area (TPSA) is 68.9 Å². The van der Waals surface area contributed by atoms with Crippen molar-refractivity contribution in [1.82, 2.24) is 10.3 Å². The number of nitrogens with one attached hydrogen (secondary N) is 1. The van der Waals surface area contributed by atoms with Crippen molar-refractivity contribution in [3.8, 4) is 6.07 Å². The van der Waals surface area contributed by atoms with E-state index in [4.69, 9.17) is 22.0 Å². The summed E-state index contributed by atoms with van der Waals surface area (Å²) in [6, 6.07) is 5.34. The molecule has 80 valence electrons. The van der Waals surface area contributed by atoms with E-state index in [0.717, 1.165) is 5.56 Å². The summed E-state index contributed by atoms with van der Waals surface area (Å²) < 4.78 is 0. The van der Waals surface area contributed by atoms with Crippen molar-refractivity contribution in [3.63, 3.8) is 0 Å². The lowest BCUT2D eigenvalue weighted by atomic mass is 10.1. The zero-order valence-corrected chi connectivity index (χ0v) is 8.91. The molecule has 0 saturated heterocycles. The first kappa shape index (κ1) is 11.9. The molecule has 15 heavy (non-hydrogen) atoms. The largest absolute Gasteiger partial charge is 0.395 e. The van der Waals surface area contributed by atoms with Gasteiger partial charge in [-0.3, -0.25) is 5.32 Å². The second kappa shape index (κ2) is 6.36. The molecule has 1 rings (SSSR count). The van der Waals surface area contributed by atoms with Crippen molar-refractivity contribution < 1.29 is 5.11 Å². The second-order valence-electron chi connectivity index (χ2n) is 3.05. The van der Waals surface area contributed by atoms with Gasteiger partial charge in [0.2, 0.25) is 0 Å². The van der Waals surface area contributed by atoms with E-state index in [0.29, 0.717) is 18.1 Å². The molecule has 1 heterocycles. The van der Waals surface area contributed by atoms with Crippen molar-refractivity contribution >= 4 is 11.6 Å². The van der Waals surface area contributed by atoms with Gasteiger partial charge in [0.1, 0.15) is 5.15 Å². The van der Waals surface area contributed by atoms with Crippen molar-refractivity contribution in [2.75, 3.05) is 13.2 Å². The van der Waals surface area contributed by atoms with Crippen LogP contribution in [0.5, 0.6) is 0 Å². The van der Waals surface area contributed by atoms with E-state index in [9.17, 15) is 0 Å². The highest BCUT2D eigenvalue weighted by Crippen LogP contribution is 2.07. The van der Waals surface area contributed by atoms with Gasteiger partial charge in [-0.1, -0.05) is 17.7 Å². The van der Waals surface area contributed by atoms with Gasteiger partial charge in [0.05, 0.1) is 18.7 Å². The Kier molecular flexibility index (Phi) is 5.05. The Hall–Kier alpha value is -1.15. The van der Waals surface area contributed by atoms with Crippen LogP contribution < -0.4 is 5.32 Å². The summed E-state index contributed by atoms with van der Waals surface area (Å²) in [5.74, 6) is 0. The van der Waals surface area contributed by atoms with E-state index in [1.165, 1.54) is 0 Å². The van der Waals surface area contributed by atoms with Crippen LogP contribution in [0.15, 0.2) is 18.3 Å². The minimum Gasteiger partial charge on any atom is -0.395 e. The predicted octanol–water partition coefficient (Wildman–Crippen LogP) is 0.752. The number of nitriles is 1. The highest BCUT2D eigenvalue weighted by atomic mass is 35.5. The summed E-state index contributed by atoms with van der Waals surface area (Å²) in [5.41, 5.74) is 0.941. The zero-order chi connectivity index (χ0) is 11.1. The first-order valence-electron chi connectivity index (χ1n) is 4.60. The Morgan fingerprint density at radius 2 is 2.40 bits per heavy atom. The third kappa shape index (κ3) is 4.26. The average molecular weight is 226 g/mol. The zero-order valence-electron chi connectivity index (χ0n) is 8.15. The molecule has 1 aromatic heterocycles. The molecule has 5 heteroatoms. The fourth-order valence-corrected chi connectivity index (χ4v) is 1.28. The molecule has 0 aliphatic heterocycles. The molecule has 0 aliphatic rings. The maximum Gasteiger partial charge on any atom is 0.129 e. The summed E-state index contributed by atoms with van der Waals surface area (Å²) in [4.78, 5) is 3.93. The maximum absolute atomic E-state index is 8.83. The maximum atomic E-state index is 8.83. The smallest absolute Gasteiger partial charge is 0.129 e. The van der Waals surface area contributed by atoms with Crippen LogP contribution in [-0.2, 0) is 6.42 Å². The minimum atomic E-state index is -0.305. The van der Waals surface area contributed by atoms with E-state index in [1.807, 2.05) is 6.07 Å². The summed E-state index contributed by atoms with van der Waals surface area (Å²) in [6.07, 6.45) is 2.20. The number of nitrogens with zero attached hydrogens (tertiary/aromatic N) is 2. The van der Waals surface area contributed by atoms with E-state index in [-0.39, 0.29) is 12.6 Å². The van der Waals surface area contributed by atoms with Crippen LogP contribution in [0, 0.1) is 11.3 Å². The number of halogens is 1. The van der Waals surface area contributed by atoms with Crippen LogP contribution in [0.1, 0.15) is 5.56 Å². The fourth-order valence-electron chi connectivity index (χ4n) is 1.17. The van der Waals surface area contributed by atoms with Gasteiger partial charge in [0.15, 0.2) is 0 Å². The Morgan fingerprint density at radius 3 is 2.93 bits per heavy atom. The third-order valence-corrected chi connectivity index (χ3v) is 2.11. The van der Waals surface area contributed by atoms with Gasteiger partial charge in [-0.25, -0.2) is 4.98 Å². The fraction of sp³-hybridized carbons (Fsp3) is 0.400. The molecule has 0 bridgehead atoms. The number of aromatic nitrogens is 1. The van der Waals surface area contributed by atoms with Gasteiger partial charge in [0.25, 0.3) is 0 Å². The van der Waals surface area contributed by atoms with Gasteiger partial charge in [-0.2, -0.15) is 5.26 Å². The first-order valence-corrected chi connectivity index (χ1v) is 4.98. The number of aliphatic hydroxyl groups is 1. The van der Waals surface area contributed by atoms with Crippen molar-refractivity contribution in [3.05, 3.63) is 29.0 Å². The van der Waals surface area contributed by atoms with Gasteiger partial charge in [-0.15, -0.1) is 0 Å². The van der Waals surface area contributed by atoms with E-state index < -0.39 is 0 Å². The summed E-state index contributed by atoms with van der Waals surface area (Å²) >= 11 is 5.64. The highest BCUT2D eigenvalue weighted by molar-refractivity contribution is 6.29. The molecular weight excluding hydrogens is 214 g/mol. The van der Waals surface area contributed by atoms with Crippen molar-refractivity contribution in [2.24, 2.45) is 0 Å². The van der Waals surface area contributed by atoms with Gasteiger partial charge in [-0.05, 0) is 11.6 Å². The van der Waals surface area contributed by atoms with E-state index in [1.54, 1.807) is 12.3 Å². The summed E-state index contributed by atoms with van der Waals surface area (Å²) in [6.45, 7) is 0.441. The molecule has 0 radical (unpaired) electrons. The predicted molar refractivity (Wildman–Crippen MR) is 57.4 cm³/mol. The van der Waals surface area contributed by atoms with Crippen LogP contribution in [-0.4, -0.2) is 29.3 Å². The SMILES string of the molecule is N#CC(Cc1ccc(Cl)nc1)NCCO. The number of hydrogen-bond acceptors (Lipinski definition) is 4. The lowest BCUT2D eigenvalue weighted by Crippen LogP contribution is -2.32. The van der Waals surface area contributed by atoms with Crippen molar-refractivity contribution in [1.29, 1.82) is 5.26 Å². The first-order chi connectivity index (χ1) is 7.26. The Bertz CT molecular complexity index is 334. The third-order valence-electron chi connectivity index (χ3n) is 1.89. The quantitative estimate of drug-likeness (QED) is 0.726. The van der Waals surface area contributed by atoms with Gasteiger partial charge in [0, 0.05) is 19.2 Å². The molecule has 0 aliphatic carbocycles. The van der Waals surface area contributed by atoms with Crippen LogP contribution in [0.4, 0.5) is 0 Å². The van der Waals surface area contributed by atoms with Gasteiger partial charge >= 0.3 is 0 Å². The van der Waals surface area contributed by atoms with Crippen LogP contribution in [0.3, 0.4) is 0 Å². The number of pyridine rings is 1. The molecular formula is C10H12ClN3O. The molecule has 0 aromatic carbocycles. The Labute approximate surface area is 93.5 Å². The number of aliphatic hydroxyl groups excluding tert-OH is 1. The van der Waals surface area contributed by atoms with Crippen LogP contribution in [0.2, 0.25) is 5.15 Å². The molecule has 1 atom stereocenters. The van der Waals surface area contributed by atoms with Crippen molar-refractivity contribution in [2.45, 2.75) is 12.5 Å². The molecule has 0 spiro atoms. The van der Waals surface area contributed by atoms with Gasteiger partial charge < -0.3 is 5.11 Å². The summed E-state index contributed by atoms with van der Waals surface area (Å²) in [5, 5.41) is 20.8. The molecule has 4 nitrogen and oxygen atoms in total. The molecule has 1 unspecified atom stereocenters. The monoisotopic (exact) mass is 225 g/mol. The molecule has 0 saturated carbocycles. The Balaban J connectivity index is 2.52. The molecule has 0 amide bonds. The van der Waals surface area contributed by atoms with Crippen LogP contribution >= 0.6 is 11.6 Å². The lowest BCUT2D eigenvalue weighted by molar-refractivity contribution is 0.288. The average Bonchev–Trinajstić information content (AvgIpc) is 2.27. The molecule has 0 fully saturated rings. The standard InChI is InChI=1S/C10H12ClN3O/c11-10-2-1-8(7-14-10)5-9(6-12)13-3-4-15/h1-2,7,9,13,15H,3-5H2. The van der Waals surface area contributed by atoms with Crippen LogP contribution in [0.25, 0.3) is 0 Å².